The Hall–Kier alpha value is -4.93. The predicted molar refractivity (Wildman–Crippen MR) is 151 cm³/mol. The summed E-state index contributed by atoms with van der Waals surface area (Å²) in [6.07, 6.45) is 0.822. The average Bonchev–Trinajstić information content (AvgIpc) is 2.91. The predicted octanol–water partition coefficient (Wildman–Crippen LogP) is 3.98. The van der Waals surface area contributed by atoms with E-state index >= 15 is 0 Å². The smallest absolute Gasteiger partial charge is 0.413 e. The number of aromatic amines is 1. The number of H-pyrrole nitrogens is 1. The quantitative estimate of drug-likeness (QED) is 0.319. The Morgan fingerprint density at radius 1 is 1.05 bits per heavy atom. The number of nitrogens with zero attached hydrogens (tertiary/aromatic N) is 2. The van der Waals surface area contributed by atoms with Gasteiger partial charge in [-0.1, -0.05) is 18.2 Å². The summed E-state index contributed by atoms with van der Waals surface area (Å²) in [5.41, 5.74) is 0.244. The fourth-order valence-electron chi connectivity index (χ4n) is 4.03. The van der Waals surface area contributed by atoms with Crippen LogP contribution in [0.5, 0.6) is 5.75 Å². The highest BCUT2D eigenvalue weighted by Gasteiger charge is 2.19. The highest BCUT2D eigenvalue weighted by Crippen LogP contribution is 2.18. The summed E-state index contributed by atoms with van der Waals surface area (Å²) >= 11 is 0. The molecule has 11 heteroatoms. The lowest BCUT2D eigenvalue weighted by Crippen LogP contribution is -2.37. The van der Waals surface area contributed by atoms with Crippen molar-refractivity contribution in [2.24, 2.45) is 0 Å². The number of hydrogen-bond donors (Lipinski definition) is 3. The van der Waals surface area contributed by atoms with Crippen LogP contribution in [0.25, 0.3) is 10.9 Å². The van der Waals surface area contributed by atoms with Gasteiger partial charge < -0.3 is 19.8 Å². The van der Waals surface area contributed by atoms with Gasteiger partial charge in [0.1, 0.15) is 17.2 Å². The van der Waals surface area contributed by atoms with Crippen LogP contribution in [0.3, 0.4) is 0 Å². The molecule has 4 rings (SSSR count). The number of anilines is 1. The van der Waals surface area contributed by atoms with Crippen molar-refractivity contribution in [3.05, 3.63) is 98.3 Å². The highest BCUT2D eigenvalue weighted by atomic mass is 16.6. The van der Waals surface area contributed by atoms with Gasteiger partial charge in [0.05, 0.1) is 24.1 Å². The maximum Gasteiger partial charge on any atom is 0.413 e. The zero-order chi connectivity index (χ0) is 29.0. The third-order valence-electron chi connectivity index (χ3n) is 6.09. The fourth-order valence-corrected chi connectivity index (χ4v) is 4.03. The van der Waals surface area contributed by atoms with Crippen LogP contribution in [0.15, 0.2) is 70.4 Å². The molecule has 4 aromatic rings. The number of benzene rings is 2. The molecule has 0 aliphatic heterocycles. The lowest BCUT2D eigenvalue weighted by atomic mass is 10.1. The van der Waals surface area contributed by atoms with Gasteiger partial charge in [0.2, 0.25) is 0 Å². The third kappa shape index (κ3) is 6.55. The maximum absolute atomic E-state index is 13.4. The number of rotatable bonds is 7. The molecule has 40 heavy (non-hydrogen) atoms. The minimum atomic E-state index is -0.684. The van der Waals surface area contributed by atoms with Gasteiger partial charge in [0.25, 0.3) is 11.5 Å². The van der Waals surface area contributed by atoms with Crippen LogP contribution < -0.4 is 26.6 Å². The van der Waals surface area contributed by atoms with Crippen molar-refractivity contribution >= 4 is 28.7 Å². The van der Waals surface area contributed by atoms with Crippen LogP contribution in [0.4, 0.5) is 10.6 Å². The molecule has 0 fully saturated rings. The number of carbonyl (C=O) groups excluding carboxylic acids is 2. The number of amides is 2. The number of pyridine rings is 1. The van der Waals surface area contributed by atoms with E-state index in [-0.39, 0.29) is 22.7 Å². The summed E-state index contributed by atoms with van der Waals surface area (Å²) in [5, 5.41) is 5.57. The van der Waals surface area contributed by atoms with Gasteiger partial charge in [0, 0.05) is 18.3 Å². The first-order valence-electron chi connectivity index (χ1n) is 12.6. The second kappa shape index (κ2) is 11.4. The van der Waals surface area contributed by atoms with E-state index < -0.39 is 29.0 Å². The van der Waals surface area contributed by atoms with Gasteiger partial charge in [-0.25, -0.2) is 14.6 Å². The SMILES string of the molecule is COc1ccc(CNC(=O)c2ccc3[nH]c(=O)n(C(C)c4ccc(NC(=O)OC(C)(C)C)nc4)c(=O)c3c2)cc1. The average molecular weight is 546 g/mol. The van der Waals surface area contributed by atoms with Gasteiger partial charge in [-0.2, -0.15) is 0 Å². The molecule has 1 atom stereocenters. The van der Waals surface area contributed by atoms with Gasteiger partial charge in [0.15, 0.2) is 0 Å². The molecule has 3 N–H and O–H groups in total. The van der Waals surface area contributed by atoms with E-state index in [1.54, 1.807) is 65.1 Å². The number of fused-ring (bicyclic) bond motifs is 1. The maximum atomic E-state index is 13.4. The molecule has 0 aliphatic carbocycles. The number of hydrogen-bond acceptors (Lipinski definition) is 7. The molecule has 2 amide bonds. The van der Waals surface area contributed by atoms with Crippen molar-refractivity contribution in [1.82, 2.24) is 19.9 Å². The molecule has 0 saturated heterocycles. The minimum absolute atomic E-state index is 0.194. The molecular formula is C29H31N5O6. The summed E-state index contributed by atoms with van der Waals surface area (Å²) in [5.74, 6) is 0.615. The molecule has 0 bridgehead atoms. The van der Waals surface area contributed by atoms with Crippen molar-refractivity contribution in [2.75, 3.05) is 12.4 Å². The zero-order valence-corrected chi connectivity index (χ0v) is 22.9. The van der Waals surface area contributed by atoms with Crippen molar-refractivity contribution in [1.29, 1.82) is 0 Å². The third-order valence-corrected chi connectivity index (χ3v) is 6.09. The number of nitrogens with one attached hydrogen (secondary N) is 3. The highest BCUT2D eigenvalue weighted by molar-refractivity contribution is 5.97. The molecule has 0 saturated carbocycles. The van der Waals surface area contributed by atoms with Crippen molar-refractivity contribution in [3.8, 4) is 5.75 Å². The normalized spacial score (nSPS) is 12.0. The largest absolute Gasteiger partial charge is 0.497 e. The number of carbonyl (C=O) groups is 2. The second-order valence-corrected chi connectivity index (χ2v) is 10.2. The Kier molecular flexibility index (Phi) is 8.03. The van der Waals surface area contributed by atoms with Crippen LogP contribution in [0, 0.1) is 0 Å². The molecule has 2 aromatic heterocycles. The lowest BCUT2D eigenvalue weighted by molar-refractivity contribution is 0.0635. The lowest BCUT2D eigenvalue weighted by Gasteiger charge is -2.19. The minimum Gasteiger partial charge on any atom is -0.497 e. The van der Waals surface area contributed by atoms with Crippen molar-refractivity contribution < 1.29 is 19.1 Å². The Bertz CT molecular complexity index is 1650. The molecular weight excluding hydrogens is 514 g/mol. The molecule has 2 heterocycles. The van der Waals surface area contributed by atoms with E-state index in [4.69, 9.17) is 9.47 Å². The van der Waals surface area contributed by atoms with E-state index in [2.05, 4.69) is 20.6 Å². The van der Waals surface area contributed by atoms with E-state index in [1.165, 1.54) is 18.3 Å². The molecule has 208 valence electrons. The van der Waals surface area contributed by atoms with E-state index in [9.17, 15) is 19.2 Å². The van der Waals surface area contributed by atoms with Crippen LogP contribution in [0.2, 0.25) is 0 Å². The topological polar surface area (TPSA) is 144 Å². The Morgan fingerprint density at radius 3 is 2.40 bits per heavy atom. The standard InChI is InChI=1S/C29H31N5O6/c1-17(20-9-13-24(30-16-20)33-28(38)40-29(2,3)4)34-26(36)22-14-19(8-12-23(22)32-27(34)37)25(35)31-15-18-6-10-21(39-5)11-7-18/h6-14,16-17H,15H2,1-5H3,(H,31,35)(H,32,37)(H,30,33,38). The first-order chi connectivity index (χ1) is 18.9. The number of aromatic nitrogens is 3. The van der Waals surface area contributed by atoms with Crippen molar-refractivity contribution in [2.45, 2.75) is 45.9 Å². The van der Waals surface area contributed by atoms with Crippen LogP contribution in [-0.2, 0) is 11.3 Å². The molecule has 0 spiro atoms. The van der Waals surface area contributed by atoms with Gasteiger partial charge >= 0.3 is 11.8 Å². The van der Waals surface area contributed by atoms with Crippen LogP contribution in [0.1, 0.15) is 55.2 Å². The van der Waals surface area contributed by atoms with E-state index in [1.807, 2.05) is 12.1 Å². The zero-order valence-electron chi connectivity index (χ0n) is 22.9. The van der Waals surface area contributed by atoms with Gasteiger partial charge in [-0.15, -0.1) is 0 Å². The molecule has 2 aromatic carbocycles. The number of ether oxygens (including phenoxy) is 2. The molecule has 0 radical (unpaired) electrons. The first kappa shape index (κ1) is 28.1. The molecule has 11 nitrogen and oxygen atoms in total. The number of methoxy groups -OCH3 is 1. The van der Waals surface area contributed by atoms with Gasteiger partial charge in [-0.05, 0) is 75.2 Å². The first-order valence-corrected chi connectivity index (χ1v) is 12.6. The Labute approximate surface area is 230 Å². The summed E-state index contributed by atoms with van der Waals surface area (Å²) in [6, 6.07) is 14.4. The van der Waals surface area contributed by atoms with Crippen LogP contribution in [-0.4, -0.2) is 39.2 Å². The monoisotopic (exact) mass is 545 g/mol. The van der Waals surface area contributed by atoms with Gasteiger partial charge in [-0.3, -0.25) is 19.5 Å². The van der Waals surface area contributed by atoms with Crippen molar-refractivity contribution in [3.63, 3.8) is 0 Å². The summed E-state index contributed by atoms with van der Waals surface area (Å²) in [4.78, 5) is 58.0. The van der Waals surface area contributed by atoms with Crippen LogP contribution >= 0.6 is 0 Å². The fraction of sp³-hybridized carbons (Fsp3) is 0.276. The summed E-state index contributed by atoms with van der Waals surface area (Å²) in [7, 11) is 1.58. The molecule has 0 aliphatic rings. The van der Waals surface area contributed by atoms with E-state index in [0.29, 0.717) is 23.4 Å². The van der Waals surface area contributed by atoms with E-state index in [0.717, 1.165) is 10.1 Å². The second-order valence-electron chi connectivity index (χ2n) is 10.2. The molecule has 1 unspecified atom stereocenters. The Balaban J connectivity index is 1.54. The summed E-state index contributed by atoms with van der Waals surface area (Å²) in [6.45, 7) is 7.23. The Morgan fingerprint density at radius 2 is 1.77 bits per heavy atom. The summed E-state index contributed by atoms with van der Waals surface area (Å²) < 4.78 is 11.4.